The number of ether oxygens (including phenoxy) is 2. The second-order valence-electron chi connectivity index (χ2n) is 6.86. The monoisotopic (exact) mass is 326 g/mol. The Bertz CT molecular complexity index is 409. The van der Waals surface area contributed by atoms with Crippen molar-refractivity contribution in [3.05, 3.63) is 0 Å². The summed E-state index contributed by atoms with van der Waals surface area (Å²) in [5.41, 5.74) is 0. The zero-order chi connectivity index (χ0) is 16.2. The van der Waals surface area contributed by atoms with Crippen LogP contribution in [-0.2, 0) is 14.3 Å². The summed E-state index contributed by atoms with van der Waals surface area (Å²) in [4.78, 5) is 16.0. The van der Waals surface area contributed by atoms with E-state index in [-0.39, 0.29) is 18.1 Å². The first kappa shape index (κ1) is 17.1. The fourth-order valence-electron chi connectivity index (χ4n) is 3.63. The highest BCUT2D eigenvalue weighted by Gasteiger charge is 2.34. The van der Waals surface area contributed by atoms with Crippen molar-refractivity contribution < 1.29 is 14.3 Å². The third-order valence-corrected chi connectivity index (χ3v) is 5.06. The number of carbonyl (C=O) groups excluding carboxylic acids is 1. The number of hydrogen-bond acceptors (Lipinski definition) is 6. The molecule has 0 radical (unpaired) electrons. The first-order valence-corrected chi connectivity index (χ1v) is 8.84. The van der Waals surface area contributed by atoms with Crippen LogP contribution >= 0.6 is 0 Å². The maximum absolute atomic E-state index is 11.5. The quantitative estimate of drug-likeness (QED) is 0.588. The molecule has 4 heterocycles. The van der Waals surface area contributed by atoms with Crippen LogP contribution in [0, 0.1) is 0 Å². The SMILES string of the molecule is C[C@@H]1CN2CCNC[C@H]2CO1.C[C@H]1OC[C@@H]2CNCCN2C1=O. The summed E-state index contributed by atoms with van der Waals surface area (Å²) in [6.45, 7) is 12.7. The molecule has 4 fully saturated rings. The summed E-state index contributed by atoms with van der Waals surface area (Å²) >= 11 is 0. The van der Waals surface area contributed by atoms with Crippen molar-refractivity contribution in [2.75, 3.05) is 59.0 Å². The molecule has 4 atom stereocenters. The van der Waals surface area contributed by atoms with Crippen LogP contribution in [0.1, 0.15) is 13.8 Å². The van der Waals surface area contributed by atoms with Crippen molar-refractivity contribution in [3.63, 3.8) is 0 Å². The van der Waals surface area contributed by atoms with E-state index in [2.05, 4.69) is 22.5 Å². The Morgan fingerprint density at radius 3 is 2.52 bits per heavy atom. The minimum absolute atomic E-state index is 0.146. The van der Waals surface area contributed by atoms with Crippen LogP contribution in [0.3, 0.4) is 0 Å². The minimum Gasteiger partial charge on any atom is -0.376 e. The lowest BCUT2D eigenvalue weighted by Gasteiger charge is -2.41. The molecule has 23 heavy (non-hydrogen) atoms. The van der Waals surface area contributed by atoms with E-state index < -0.39 is 0 Å². The molecule has 7 heteroatoms. The summed E-state index contributed by atoms with van der Waals surface area (Å²) in [6.07, 6.45) is 0.198. The van der Waals surface area contributed by atoms with Crippen LogP contribution in [0.2, 0.25) is 0 Å². The Balaban J connectivity index is 0.000000136. The average molecular weight is 326 g/mol. The third kappa shape index (κ3) is 4.22. The molecule has 0 unspecified atom stereocenters. The summed E-state index contributed by atoms with van der Waals surface area (Å²) in [5.74, 6) is 0.146. The van der Waals surface area contributed by atoms with Gasteiger partial charge in [-0.2, -0.15) is 0 Å². The smallest absolute Gasteiger partial charge is 0.251 e. The fraction of sp³-hybridized carbons (Fsp3) is 0.938. The molecule has 0 aromatic heterocycles. The van der Waals surface area contributed by atoms with Crippen molar-refractivity contribution in [2.24, 2.45) is 0 Å². The lowest BCUT2D eigenvalue weighted by atomic mass is 10.1. The van der Waals surface area contributed by atoms with Crippen molar-refractivity contribution in [2.45, 2.75) is 38.1 Å². The summed E-state index contributed by atoms with van der Waals surface area (Å²) in [7, 11) is 0. The molecule has 0 aliphatic carbocycles. The van der Waals surface area contributed by atoms with Crippen LogP contribution in [-0.4, -0.2) is 99.0 Å². The van der Waals surface area contributed by atoms with Gasteiger partial charge in [-0.1, -0.05) is 0 Å². The normalized spacial score (nSPS) is 38.2. The van der Waals surface area contributed by atoms with Crippen LogP contribution in [0.25, 0.3) is 0 Å². The molecular formula is C16H30N4O3. The molecular weight excluding hydrogens is 296 g/mol. The number of rotatable bonds is 0. The number of fused-ring (bicyclic) bond motifs is 2. The highest BCUT2D eigenvalue weighted by Crippen LogP contribution is 2.14. The Kier molecular flexibility index (Phi) is 5.87. The van der Waals surface area contributed by atoms with Crippen LogP contribution in [0.15, 0.2) is 0 Å². The van der Waals surface area contributed by atoms with Crippen molar-refractivity contribution in [1.82, 2.24) is 20.4 Å². The molecule has 0 aromatic rings. The molecule has 0 spiro atoms. The molecule has 4 rings (SSSR count). The van der Waals surface area contributed by atoms with Gasteiger partial charge >= 0.3 is 0 Å². The van der Waals surface area contributed by atoms with Gasteiger partial charge in [0.1, 0.15) is 6.10 Å². The minimum atomic E-state index is -0.237. The van der Waals surface area contributed by atoms with Gasteiger partial charge in [-0.3, -0.25) is 9.69 Å². The van der Waals surface area contributed by atoms with Gasteiger partial charge in [0.25, 0.3) is 5.91 Å². The molecule has 0 bridgehead atoms. The summed E-state index contributed by atoms with van der Waals surface area (Å²) in [6, 6.07) is 0.905. The number of piperazine rings is 2. The van der Waals surface area contributed by atoms with Crippen molar-refractivity contribution >= 4 is 5.91 Å². The van der Waals surface area contributed by atoms with Gasteiger partial charge in [0, 0.05) is 51.9 Å². The molecule has 4 saturated heterocycles. The molecule has 4 aliphatic rings. The summed E-state index contributed by atoms with van der Waals surface area (Å²) < 4.78 is 10.9. The van der Waals surface area contributed by atoms with Gasteiger partial charge in [0.2, 0.25) is 0 Å². The zero-order valence-electron chi connectivity index (χ0n) is 14.3. The molecule has 0 saturated carbocycles. The van der Waals surface area contributed by atoms with Crippen molar-refractivity contribution in [1.29, 1.82) is 0 Å². The maximum atomic E-state index is 11.5. The first-order chi connectivity index (χ1) is 11.1. The lowest BCUT2D eigenvalue weighted by Crippen LogP contribution is -2.61. The molecule has 2 N–H and O–H groups in total. The largest absolute Gasteiger partial charge is 0.376 e. The predicted octanol–water partition coefficient (Wildman–Crippen LogP) is -1.12. The Hall–Kier alpha value is -0.730. The van der Waals surface area contributed by atoms with Crippen LogP contribution in [0.4, 0.5) is 0 Å². The van der Waals surface area contributed by atoms with Crippen molar-refractivity contribution in [3.8, 4) is 0 Å². The van der Waals surface area contributed by atoms with Crippen LogP contribution in [0.5, 0.6) is 0 Å². The molecule has 4 aliphatic heterocycles. The maximum Gasteiger partial charge on any atom is 0.251 e. The van der Waals surface area contributed by atoms with E-state index in [0.29, 0.717) is 18.8 Å². The molecule has 7 nitrogen and oxygen atoms in total. The first-order valence-electron chi connectivity index (χ1n) is 8.84. The molecule has 132 valence electrons. The molecule has 0 aromatic carbocycles. The fourth-order valence-corrected chi connectivity index (χ4v) is 3.63. The Morgan fingerprint density at radius 1 is 1.00 bits per heavy atom. The average Bonchev–Trinajstić information content (AvgIpc) is 2.59. The molecule has 1 amide bonds. The number of carbonyl (C=O) groups is 1. The summed E-state index contributed by atoms with van der Waals surface area (Å²) in [5, 5.41) is 6.62. The number of nitrogens with zero attached hydrogens (tertiary/aromatic N) is 2. The number of nitrogens with one attached hydrogen (secondary N) is 2. The third-order valence-electron chi connectivity index (χ3n) is 5.06. The van der Waals surface area contributed by atoms with Gasteiger partial charge in [-0.25, -0.2) is 0 Å². The van der Waals surface area contributed by atoms with E-state index in [4.69, 9.17) is 9.47 Å². The van der Waals surface area contributed by atoms with E-state index in [1.54, 1.807) is 0 Å². The van der Waals surface area contributed by atoms with Gasteiger partial charge in [-0.05, 0) is 13.8 Å². The Labute approximate surface area is 138 Å². The topological polar surface area (TPSA) is 66.1 Å². The number of morpholine rings is 2. The van der Waals surface area contributed by atoms with E-state index in [1.165, 1.54) is 6.54 Å². The van der Waals surface area contributed by atoms with E-state index in [1.807, 2.05) is 11.8 Å². The Morgan fingerprint density at radius 2 is 1.70 bits per heavy atom. The highest BCUT2D eigenvalue weighted by atomic mass is 16.5. The lowest BCUT2D eigenvalue weighted by molar-refractivity contribution is -0.159. The highest BCUT2D eigenvalue weighted by molar-refractivity contribution is 5.81. The second kappa shape index (κ2) is 7.90. The van der Waals surface area contributed by atoms with Gasteiger partial charge in [0.05, 0.1) is 25.4 Å². The number of amides is 1. The second-order valence-corrected chi connectivity index (χ2v) is 6.86. The van der Waals surface area contributed by atoms with Gasteiger partial charge < -0.3 is 25.0 Å². The predicted molar refractivity (Wildman–Crippen MR) is 87.4 cm³/mol. The number of hydrogen-bond donors (Lipinski definition) is 2. The van der Waals surface area contributed by atoms with Crippen LogP contribution < -0.4 is 10.6 Å². The van der Waals surface area contributed by atoms with E-state index in [9.17, 15) is 4.79 Å². The van der Waals surface area contributed by atoms with Gasteiger partial charge in [0.15, 0.2) is 0 Å². The zero-order valence-corrected chi connectivity index (χ0v) is 14.3. The standard InChI is InChI=1S/C8H14N2O2.C8H16N2O/c1-6-8(11)10-3-2-9-4-7(10)5-12-6;1-7-5-10-3-2-9-4-8(10)6-11-7/h6-7,9H,2-5H2,1H3;7-9H,2-6H2,1H3/t6-,7+;7-,8+/m11/s1. The van der Waals surface area contributed by atoms with Gasteiger partial charge in [-0.15, -0.1) is 0 Å². The van der Waals surface area contributed by atoms with E-state index >= 15 is 0 Å². The van der Waals surface area contributed by atoms with E-state index in [0.717, 1.165) is 45.9 Å².